The van der Waals surface area contributed by atoms with Crippen molar-refractivity contribution >= 4 is 12.4 Å². The van der Waals surface area contributed by atoms with Crippen molar-refractivity contribution in [2.24, 2.45) is 0 Å². The lowest BCUT2D eigenvalue weighted by molar-refractivity contribution is 0.162. The van der Waals surface area contributed by atoms with Gasteiger partial charge in [0, 0.05) is 25.3 Å². The van der Waals surface area contributed by atoms with E-state index in [-0.39, 0.29) is 12.4 Å². The molecule has 2 heterocycles. The number of benzene rings is 1. The molecular weight excluding hydrogens is 344 g/mol. The summed E-state index contributed by atoms with van der Waals surface area (Å²) in [7, 11) is 0. The molecule has 6 heteroatoms. The van der Waals surface area contributed by atoms with Gasteiger partial charge in [-0.1, -0.05) is 12.1 Å². The SMILES string of the molecule is Cl.Fc1ccc(CN(Cc2ccccn2)C2CCCNCC2)cc1F. The molecule has 0 aliphatic carbocycles. The predicted molar refractivity (Wildman–Crippen MR) is 97.6 cm³/mol. The number of hydrogen-bond donors (Lipinski definition) is 1. The van der Waals surface area contributed by atoms with Crippen LogP contribution in [0.3, 0.4) is 0 Å². The van der Waals surface area contributed by atoms with Gasteiger partial charge in [-0.15, -0.1) is 12.4 Å². The summed E-state index contributed by atoms with van der Waals surface area (Å²) in [5.41, 5.74) is 1.79. The van der Waals surface area contributed by atoms with Gasteiger partial charge in [0.1, 0.15) is 0 Å². The maximum Gasteiger partial charge on any atom is 0.159 e. The van der Waals surface area contributed by atoms with Gasteiger partial charge < -0.3 is 5.32 Å². The highest BCUT2D eigenvalue weighted by Crippen LogP contribution is 2.20. The Bertz CT molecular complexity index is 646. The van der Waals surface area contributed by atoms with Crippen LogP contribution in [0, 0.1) is 11.6 Å². The molecule has 1 aromatic heterocycles. The molecule has 1 aromatic carbocycles. The van der Waals surface area contributed by atoms with Gasteiger partial charge in [-0.3, -0.25) is 9.88 Å². The summed E-state index contributed by atoms with van der Waals surface area (Å²) in [6.07, 6.45) is 5.07. The van der Waals surface area contributed by atoms with E-state index in [0.29, 0.717) is 19.1 Å². The average Bonchev–Trinajstić information content (AvgIpc) is 2.88. The van der Waals surface area contributed by atoms with E-state index in [1.807, 2.05) is 18.2 Å². The third-order valence-electron chi connectivity index (χ3n) is 4.52. The summed E-state index contributed by atoms with van der Waals surface area (Å²) in [6, 6.07) is 10.5. The summed E-state index contributed by atoms with van der Waals surface area (Å²) in [5, 5.41) is 3.42. The summed E-state index contributed by atoms with van der Waals surface area (Å²) in [4.78, 5) is 6.75. The molecule has 3 rings (SSSR count). The van der Waals surface area contributed by atoms with Crippen LogP contribution in [0.1, 0.15) is 30.5 Å². The van der Waals surface area contributed by atoms with Gasteiger partial charge >= 0.3 is 0 Å². The van der Waals surface area contributed by atoms with E-state index in [0.717, 1.165) is 43.6 Å². The molecule has 2 aromatic rings. The van der Waals surface area contributed by atoms with E-state index in [2.05, 4.69) is 15.2 Å². The quantitative estimate of drug-likeness (QED) is 0.868. The Morgan fingerprint density at radius 3 is 2.68 bits per heavy atom. The lowest BCUT2D eigenvalue weighted by atomic mass is 10.1. The molecule has 0 spiro atoms. The molecule has 136 valence electrons. The van der Waals surface area contributed by atoms with Crippen molar-refractivity contribution < 1.29 is 8.78 Å². The molecule has 1 saturated heterocycles. The zero-order valence-electron chi connectivity index (χ0n) is 14.1. The highest BCUT2D eigenvalue weighted by molar-refractivity contribution is 5.85. The van der Waals surface area contributed by atoms with E-state index in [9.17, 15) is 8.78 Å². The van der Waals surface area contributed by atoms with Crippen LogP contribution >= 0.6 is 12.4 Å². The van der Waals surface area contributed by atoms with E-state index < -0.39 is 11.6 Å². The molecule has 3 nitrogen and oxygen atoms in total. The molecule has 1 N–H and O–H groups in total. The van der Waals surface area contributed by atoms with Crippen molar-refractivity contribution in [2.75, 3.05) is 13.1 Å². The summed E-state index contributed by atoms with van der Waals surface area (Å²) in [5.74, 6) is -1.58. The summed E-state index contributed by atoms with van der Waals surface area (Å²) < 4.78 is 26.7. The Kier molecular flexibility index (Phi) is 7.75. The van der Waals surface area contributed by atoms with Crippen LogP contribution in [0.2, 0.25) is 0 Å². The Morgan fingerprint density at radius 1 is 1.04 bits per heavy atom. The predicted octanol–water partition coefficient (Wildman–Crippen LogP) is 3.93. The number of hydrogen-bond acceptors (Lipinski definition) is 3. The van der Waals surface area contributed by atoms with Crippen molar-refractivity contribution in [3.8, 4) is 0 Å². The minimum atomic E-state index is -0.798. The van der Waals surface area contributed by atoms with Crippen LogP contribution < -0.4 is 5.32 Å². The highest BCUT2D eigenvalue weighted by atomic mass is 35.5. The smallest absolute Gasteiger partial charge is 0.159 e. The van der Waals surface area contributed by atoms with Crippen LogP contribution in [0.25, 0.3) is 0 Å². The molecule has 1 unspecified atom stereocenters. The molecule has 25 heavy (non-hydrogen) atoms. The van der Waals surface area contributed by atoms with Gasteiger partial charge in [0.15, 0.2) is 11.6 Å². The molecule has 1 aliphatic rings. The third-order valence-corrected chi connectivity index (χ3v) is 4.52. The monoisotopic (exact) mass is 367 g/mol. The molecular formula is C19H24ClF2N3. The van der Waals surface area contributed by atoms with Crippen molar-refractivity contribution in [3.05, 3.63) is 65.5 Å². The third kappa shape index (κ3) is 5.73. The Balaban J connectivity index is 0.00000225. The van der Waals surface area contributed by atoms with E-state index >= 15 is 0 Å². The second-order valence-corrected chi connectivity index (χ2v) is 6.31. The van der Waals surface area contributed by atoms with E-state index in [1.54, 1.807) is 12.3 Å². The fourth-order valence-electron chi connectivity index (χ4n) is 3.25. The van der Waals surface area contributed by atoms with Crippen molar-refractivity contribution in [1.82, 2.24) is 15.2 Å². The zero-order valence-corrected chi connectivity index (χ0v) is 14.9. The first-order chi connectivity index (χ1) is 11.7. The van der Waals surface area contributed by atoms with Gasteiger partial charge in [-0.25, -0.2) is 8.78 Å². The lowest BCUT2D eigenvalue weighted by Crippen LogP contribution is -2.35. The molecule has 0 bridgehead atoms. The Hall–Kier alpha value is -1.56. The fraction of sp³-hybridized carbons (Fsp3) is 0.421. The summed E-state index contributed by atoms with van der Waals surface area (Å²) in [6.45, 7) is 3.34. The minimum Gasteiger partial charge on any atom is -0.317 e. The van der Waals surface area contributed by atoms with Crippen LogP contribution in [-0.4, -0.2) is 29.0 Å². The second kappa shape index (κ2) is 9.80. The van der Waals surface area contributed by atoms with Gasteiger partial charge in [0.25, 0.3) is 0 Å². The minimum absolute atomic E-state index is 0. The van der Waals surface area contributed by atoms with Crippen molar-refractivity contribution in [2.45, 2.75) is 38.4 Å². The fourth-order valence-corrected chi connectivity index (χ4v) is 3.25. The maximum atomic E-state index is 13.5. The van der Waals surface area contributed by atoms with Crippen LogP contribution in [-0.2, 0) is 13.1 Å². The van der Waals surface area contributed by atoms with Crippen LogP contribution in [0.5, 0.6) is 0 Å². The van der Waals surface area contributed by atoms with Crippen molar-refractivity contribution in [3.63, 3.8) is 0 Å². The van der Waals surface area contributed by atoms with E-state index in [1.165, 1.54) is 12.1 Å². The average molecular weight is 368 g/mol. The molecule has 1 atom stereocenters. The molecule has 0 radical (unpaired) electrons. The topological polar surface area (TPSA) is 28.2 Å². The van der Waals surface area contributed by atoms with Gasteiger partial charge in [0.2, 0.25) is 0 Å². The number of nitrogens with one attached hydrogen (secondary N) is 1. The standard InChI is InChI=1S/C19H23F2N3.ClH/c20-18-7-6-15(12-19(18)21)13-24(14-16-4-1-2-10-23-16)17-5-3-9-22-11-8-17;/h1-2,4,6-7,10,12,17,22H,3,5,8-9,11,13-14H2;1H. The molecule has 0 amide bonds. The van der Waals surface area contributed by atoms with Gasteiger partial charge in [0.05, 0.1) is 5.69 Å². The zero-order chi connectivity index (χ0) is 16.8. The van der Waals surface area contributed by atoms with Crippen LogP contribution in [0.15, 0.2) is 42.6 Å². The first-order valence-corrected chi connectivity index (χ1v) is 8.51. The number of pyridine rings is 1. The van der Waals surface area contributed by atoms with Crippen molar-refractivity contribution in [1.29, 1.82) is 0 Å². The largest absolute Gasteiger partial charge is 0.317 e. The number of rotatable bonds is 5. The molecule has 1 aliphatic heterocycles. The van der Waals surface area contributed by atoms with E-state index in [4.69, 9.17) is 0 Å². The highest BCUT2D eigenvalue weighted by Gasteiger charge is 2.21. The Labute approximate surface area is 153 Å². The summed E-state index contributed by atoms with van der Waals surface area (Å²) >= 11 is 0. The first-order valence-electron chi connectivity index (χ1n) is 8.51. The molecule has 0 saturated carbocycles. The first kappa shape index (κ1) is 19.8. The molecule has 1 fully saturated rings. The maximum absolute atomic E-state index is 13.5. The number of halogens is 3. The second-order valence-electron chi connectivity index (χ2n) is 6.31. The Morgan fingerprint density at radius 2 is 1.92 bits per heavy atom. The number of nitrogens with zero attached hydrogens (tertiary/aromatic N) is 2. The lowest BCUT2D eigenvalue weighted by Gasteiger charge is -2.31. The van der Waals surface area contributed by atoms with Crippen LogP contribution in [0.4, 0.5) is 8.78 Å². The van der Waals surface area contributed by atoms with Gasteiger partial charge in [-0.05, 0) is 62.2 Å². The normalized spacial score (nSPS) is 17.8. The number of aromatic nitrogens is 1. The van der Waals surface area contributed by atoms with Gasteiger partial charge in [-0.2, -0.15) is 0 Å².